The van der Waals surface area contributed by atoms with Gasteiger partial charge in [-0.25, -0.2) is 4.39 Å². The van der Waals surface area contributed by atoms with Gasteiger partial charge in [-0.15, -0.1) is 0 Å². The Balaban J connectivity index is 1.46. The summed E-state index contributed by atoms with van der Waals surface area (Å²) in [5.74, 6) is 1.00. The van der Waals surface area contributed by atoms with Gasteiger partial charge in [-0.3, -0.25) is 9.79 Å². The van der Waals surface area contributed by atoms with Crippen LogP contribution in [0.3, 0.4) is 0 Å². The van der Waals surface area contributed by atoms with Gasteiger partial charge in [0.15, 0.2) is 5.96 Å². The summed E-state index contributed by atoms with van der Waals surface area (Å²) in [6.45, 7) is 5.07. The first-order valence-corrected chi connectivity index (χ1v) is 10.1. The van der Waals surface area contributed by atoms with Crippen molar-refractivity contribution >= 4 is 11.9 Å². The third kappa shape index (κ3) is 5.34. The van der Waals surface area contributed by atoms with Crippen molar-refractivity contribution < 1.29 is 9.18 Å². The Kier molecular flexibility index (Phi) is 7.22. The van der Waals surface area contributed by atoms with Gasteiger partial charge in [0.1, 0.15) is 5.82 Å². The number of carbonyl (C=O) groups is 1. The zero-order valence-corrected chi connectivity index (χ0v) is 17.1. The molecule has 5 nitrogen and oxygen atoms in total. The molecule has 154 valence electrons. The van der Waals surface area contributed by atoms with Crippen molar-refractivity contribution in [1.29, 1.82) is 0 Å². The molecule has 2 aromatic rings. The largest absolute Gasteiger partial charge is 0.354 e. The van der Waals surface area contributed by atoms with Crippen LogP contribution in [0, 0.1) is 11.7 Å². The molecule has 1 aliphatic rings. The zero-order valence-electron chi connectivity index (χ0n) is 17.1. The van der Waals surface area contributed by atoms with Gasteiger partial charge in [-0.1, -0.05) is 49.4 Å². The third-order valence-electron chi connectivity index (χ3n) is 5.46. The van der Waals surface area contributed by atoms with Gasteiger partial charge in [0.05, 0.1) is 5.56 Å². The van der Waals surface area contributed by atoms with E-state index in [1.165, 1.54) is 17.7 Å². The fraction of sp³-hybridized carbons (Fsp3) is 0.391. The van der Waals surface area contributed by atoms with Crippen molar-refractivity contribution in [2.45, 2.75) is 19.3 Å². The lowest BCUT2D eigenvalue weighted by atomic mass is 9.82. The summed E-state index contributed by atoms with van der Waals surface area (Å²) < 4.78 is 13.7. The maximum Gasteiger partial charge on any atom is 0.254 e. The number of aliphatic imine (C=N–C) groups is 1. The number of amides is 1. The molecule has 3 rings (SSSR count). The number of benzene rings is 2. The number of likely N-dealkylation sites (tertiary alicyclic amines) is 1. The standard InChI is InChI=1S/C23H29FN4O/c1-17-16-28(15-12-19(17)18-8-4-3-5-9-18)23(25-2)27-14-13-26-22(29)20-10-6-7-11-21(20)24/h3-11,17,19H,12-16H2,1-2H3,(H,25,27)(H,26,29). The Hall–Kier alpha value is -2.89. The molecule has 0 saturated carbocycles. The highest BCUT2D eigenvalue weighted by Gasteiger charge is 2.28. The second kappa shape index (κ2) is 10.0. The number of hydrogen-bond donors (Lipinski definition) is 2. The summed E-state index contributed by atoms with van der Waals surface area (Å²) in [6.07, 6.45) is 1.08. The summed E-state index contributed by atoms with van der Waals surface area (Å²) in [4.78, 5) is 18.7. The van der Waals surface area contributed by atoms with Gasteiger partial charge >= 0.3 is 0 Å². The second-order valence-corrected chi connectivity index (χ2v) is 7.44. The van der Waals surface area contributed by atoms with Gasteiger partial charge in [0.2, 0.25) is 0 Å². The Bertz CT molecular complexity index is 840. The first-order chi connectivity index (χ1) is 14.1. The van der Waals surface area contributed by atoms with Gasteiger partial charge in [-0.2, -0.15) is 0 Å². The SMILES string of the molecule is CN=C(NCCNC(=O)c1ccccc1F)N1CCC(c2ccccc2)C(C)C1. The minimum Gasteiger partial charge on any atom is -0.354 e. The van der Waals surface area contributed by atoms with Crippen molar-refractivity contribution in [1.82, 2.24) is 15.5 Å². The maximum absolute atomic E-state index is 13.7. The third-order valence-corrected chi connectivity index (χ3v) is 5.46. The van der Waals surface area contributed by atoms with Crippen LogP contribution < -0.4 is 10.6 Å². The van der Waals surface area contributed by atoms with Crippen LogP contribution in [0.1, 0.15) is 35.2 Å². The smallest absolute Gasteiger partial charge is 0.254 e. The molecular formula is C23H29FN4O. The van der Waals surface area contributed by atoms with Crippen molar-refractivity contribution in [3.8, 4) is 0 Å². The molecule has 29 heavy (non-hydrogen) atoms. The van der Waals surface area contributed by atoms with Crippen LogP contribution in [0.5, 0.6) is 0 Å². The van der Waals surface area contributed by atoms with Crippen LogP contribution in [0.4, 0.5) is 4.39 Å². The monoisotopic (exact) mass is 396 g/mol. The number of carbonyl (C=O) groups excluding carboxylic acids is 1. The second-order valence-electron chi connectivity index (χ2n) is 7.44. The molecule has 2 atom stereocenters. The van der Waals surface area contributed by atoms with Crippen LogP contribution in [-0.4, -0.2) is 50.0 Å². The lowest BCUT2D eigenvalue weighted by molar-refractivity contribution is 0.0950. The number of nitrogens with zero attached hydrogens (tertiary/aromatic N) is 2. The molecule has 1 fully saturated rings. The molecule has 1 amide bonds. The molecule has 0 radical (unpaired) electrons. The highest BCUT2D eigenvalue weighted by molar-refractivity contribution is 5.94. The molecule has 0 aliphatic carbocycles. The molecule has 2 unspecified atom stereocenters. The van der Waals surface area contributed by atoms with Gasteiger partial charge in [-0.05, 0) is 36.0 Å². The van der Waals surface area contributed by atoms with Crippen LogP contribution >= 0.6 is 0 Å². The minimum atomic E-state index is -0.510. The number of piperidine rings is 1. The molecular weight excluding hydrogens is 367 g/mol. The van der Waals surface area contributed by atoms with Gasteiger partial charge < -0.3 is 15.5 Å². The maximum atomic E-state index is 13.7. The van der Waals surface area contributed by atoms with E-state index in [0.717, 1.165) is 25.5 Å². The Labute approximate surface area is 172 Å². The lowest BCUT2D eigenvalue weighted by Crippen LogP contribution is -2.49. The average Bonchev–Trinajstić information content (AvgIpc) is 2.74. The Morgan fingerprint density at radius 3 is 2.48 bits per heavy atom. The normalized spacial score (nSPS) is 19.7. The molecule has 1 saturated heterocycles. The van der Waals surface area contributed by atoms with E-state index in [9.17, 15) is 9.18 Å². The first kappa shape index (κ1) is 20.8. The quantitative estimate of drug-likeness (QED) is 0.463. The van der Waals surface area contributed by atoms with Crippen LogP contribution in [0.25, 0.3) is 0 Å². The molecule has 0 bridgehead atoms. The van der Waals surface area contributed by atoms with E-state index in [1.54, 1.807) is 19.2 Å². The van der Waals surface area contributed by atoms with Crippen molar-refractivity contribution in [2.75, 3.05) is 33.2 Å². The minimum absolute atomic E-state index is 0.0636. The van der Waals surface area contributed by atoms with Gasteiger partial charge in [0, 0.05) is 33.2 Å². The molecule has 1 heterocycles. The highest BCUT2D eigenvalue weighted by Crippen LogP contribution is 2.32. The fourth-order valence-electron chi connectivity index (χ4n) is 3.96. The molecule has 0 aromatic heterocycles. The van der Waals surface area contributed by atoms with E-state index < -0.39 is 11.7 Å². The lowest BCUT2D eigenvalue weighted by Gasteiger charge is -2.39. The van der Waals surface area contributed by atoms with Gasteiger partial charge in [0.25, 0.3) is 5.91 Å². The van der Waals surface area contributed by atoms with Crippen LogP contribution in [0.2, 0.25) is 0 Å². The van der Waals surface area contributed by atoms with Crippen LogP contribution in [0.15, 0.2) is 59.6 Å². The van der Waals surface area contributed by atoms with E-state index in [2.05, 4.69) is 57.8 Å². The number of hydrogen-bond acceptors (Lipinski definition) is 2. The first-order valence-electron chi connectivity index (χ1n) is 10.1. The number of halogens is 1. The van der Waals surface area contributed by atoms with E-state index in [4.69, 9.17) is 0 Å². The molecule has 2 aromatic carbocycles. The summed E-state index contributed by atoms with van der Waals surface area (Å²) in [7, 11) is 1.77. The van der Waals surface area contributed by atoms with Crippen molar-refractivity contribution in [2.24, 2.45) is 10.9 Å². The number of nitrogens with one attached hydrogen (secondary N) is 2. The predicted octanol–water partition coefficient (Wildman–Crippen LogP) is 3.26. The van der Waals surface area contributed by atoms with E-state index in [-0.39, 0.29) is 5.56 Å². The number of rotatable bonds is 5. The zero-order chi connectivity index (χ0) is 20.6. The van der Waals surface area contributed by atoms with E-state index in [1.807, 2.05) is 0 Å². The topological polar surface area (TPSA) is 56.7 Å². The number of guanidine groups is 1. The van der Waals surface area contributed by atoms with E-state index in [0.29, 0.717) is 24.9 Å². The Morgan fingerprint density at radius 2 is 1.79 bits per heavy atom. The summed E-state index contributed by atoms with van der Waals surface area (Å²) in [5.41, 5.74) is 1.46. The molecule has 6 heteroatoms. The summed E-state index contributed by atoms with van der Waals surface area (Å²) >= 11 is 0. The summed E-state index contributed by atoms with van der Waals surface area (Å²) in [5, 5.41) is 6.05. The predicted molar refractivity (Wildman–Crippen MR) is 115 cm³/mol. The average molecular weight is 397 g/mol. The Morgan fingerprint density at radius 1 is 1.10 bits per heavy atom. The summed E-state index contributed by atoms with van der Waals surface area (Å²) in [6, 6.07) is 16.7. The fourth-order valence-corrected chi connectivity index (χ4v) is 3.96. The molecule has 0 spiro atoms. The van der Waals surface area contributed by atoms with Crippen molar-refractivity contribution in [3.63, 3.8) is 0 Å². The molecule has 1 aliphatic heterocycles. The van der Waals surface area contributed by atoms with Crippen LogP contribution in [-0.2, 0) is 0 Å². The van der Waals surface area contributed by atoms with Crippen molar-refractivity contribution in [3.05, 3.63) is 71.5 Å². The van der Waals surface area contributed by atoms with E-state index >= 15 is 0 Å². The highest BCUT2D eigenvalue weighted by atomic mass is 19.1. The molecule has 2 N–H and O–H groups in total.